The predicted octanol–water partition coefficient (Wildman–Crippen LogP) is 3.61. The standard InChI is InChI=1S/C17H16O5/c1-3-12-8-10-13(11-9-12)16(18)21-14-6-4-5-7-15(14)22-17(19)20-2/h4-11H,3H2,1-2H3. The van der Waals surface area contributed by atoms with E-state index in [2.05, 4.69) is 4.74 Å². The van der Waals surface area contributed by atoms with Crippen LogP contribution in [0.25, 0.3) is 0 Å². The highest BCUT2D eigenvalue weighted by Gasteiger charge is 2.14. The molecule has 0 saturated carbocycles. The van der Waals surface area contributed by atoms with Crippen LogP contribution in [0.2, 0.25) is 0 Å². The number of carbonyl (C=O) groups is 2. The Morgan fingerprint density at radius 1 is 0.909 bits per heavy atom. The molecule has 0 aliphatic rings. The van der Waals surface area contributed by atoms with Gasteiger partial charge in [0.2, 0.25) is 0 Å². The summed E-state index contributed by atoms with van der Waals surface area (Å²) < 4.78 is 14.6. The molecule has 0 amide bonds. The Hall–Kier alpha value is -2.82. The van der Waals surface area contributed by atoms with Crippen molar-refractivity contribution in [1.82, 2.24) is 0 Å². The summed E-state index contributed by atoms with van der Waals surface area (Å²) in [6, 6.07) is 13.5. The van der Waals surface area contributed by atoms with Crippen LogP contribution in [-0.2, 0) is 11.2 Å². The lowest BCUT2D eigenvalue weighted by Gasteiger charge is -2.09. The van der Waals surface area contributed by atoms with Gasteiger partial charge in [-0.2, -0.15) is 0 Å². The van der Waals surface area contributed by atoms with Gasteiger partial charge in [0.05, 0.1) is 12.7 Å². The number of benzene rings is 2. The van der Waals surface area contributed by atoms with Crippen molar-refractivity contribution in [2.75, 3.05) is 7.11 Å². The highest BCUT2D eigenvalue weighted by molar-refractivity contribution is 5.91. The van der Waals surface area contributed by atoms with Crippen molar-refractivity contribution in [1.29, 1.82) is 0 Å². The van der Waals surface area contributed by atoms with Crippen molar-refractivity contribution in [2.24, 2.45) is 0 Å². The Balaban J connectivity index is 2.15. The molecule has 0 aliphatic heterocycles. The number of aryl methyl sites for hydroxylation is 1. The normalized spacial score (nSPS) is 9.91. The molecule has 114 valence electrons. The van der Waals surface area contributed by atoms with E-state index in [1.54, 1.807) is 24.3 Å². The van der Waals surface area contributed by atoms with Gasteiger partial charge in [0.25, 0.3) is 0 Å². The van der Waals surface area contributed by atoms with Crippen LogP contribution >= 0.6 is 0 Å². The monoisotopic (exact) mass is 300 g/mol. The molecule has 2 aromatic rings. The molecule has 0 aromatic heterocycles. The summed E-state index contributed by atoms with van der Waals surface area (Å²) >= 11 is 0. The number of methoxy groups -OCH3 is 1. The molecule has 0 N–H and O–H groups in total. The van der Waals surface area contributed by atoms with Gasteiger partial charge in [-0.3, -0.25) is 0 Å². The summed E-state index contributed by atoms with van der Waals surface area (Å²) in [5, 5.41) is 0. The van der Waals surface area contributed by atoms with E-state index < -0.39 is 12.1 Å². The first-order valence-electron chi connectivity index (χ1n) is 6.80. The summed E-state index contributed by atoms with van der Waals surface area (Å²) in [7, 11) is 1.20. The highest BCUT2D eigenvalue weighted by atomic mass is 16.7. The first-order valence-corrected chi connectivity index (χ1v) is 6.80. The van der Waals surface area contributed by atoms with E-state index in [9.17, 15) is 9.59 Å². The number of rotatable bonds is 4. The van der Waals surface area contributed by atoms with E-state index in [4.69, 9.17) is 9.47 Å². The van der Waals surface area contributed by atoms with Crippen molar-refractivity contribution in [3.8, 4) is 11.5 Å². The molecule has 5 heteroatoms. The molecule has 0 unspecified atom stereocenters. The van der Waals surface area contributed by atoms with Crippen molar-refractivity contribution in [2.45, 2.75) is 13.3 Å². The van der Waals surface area contributed by atoms with Crippen molar-refractivity contribution in [3.63, 3.8) is 0 Å². The minimum Gasteiger partial charge on any atom is -0.437 e. The number of esters is 1. The van der Waals surface area contributed by atoms with Gasteiger partial charge in [-0.15, -0.1) is 0 Å². The van der Waals surface area contributed by atoms with Gasteiger partial charge in [-0.1, -0.05) is 31.2 Å². The second-order valence-electron chi connectivity index (χ2n) is 4.44. The van der Waals surface area contributed by atoms with Gasteiger partial charge in [-0.25, -0.2) is 9.59 Å². The fourth-order valence-electron chi connectivity index (χ4n) is 1.79. The first-order chi connectivity index (χ1) is 10.6. The molecule has 0 spiro atoms. The minimum absolute atomic E-state index is 0.118. The van der Waals surface area contributed by atoms with E-state index in [1.165, 1.54) is 19.2 Å². The molecule has 0 radical (unpaired) electrons. The second kappa shape index (κ2) is 7.26. The highest BCUT2D eigenvalue weighted by Crippen LogP contribution is 2.27. The maximum absolute atomic E-state index is 12.1. The van der Waals surface area contributed by atoms with Crippen LogP contribution in [0.4, 0.5) is 4.79 Å². The Kier molecular flexibility index (Phi) is 5.14. The van der Waals surface area contributed by atoms with Crippen molar-refractivity contribution in [3.05, 3.63) is 59.7 Å². The van der Waals surface area contributed by atoms with Crippen LogP contribution in [0.5, 0.6) is 11.5 Å². The minimum atomic E-state index is -0.879. The maximum atomic E-state index is 12.1. The summed E-state index contributed by atoms with van der Waals surface area (Å²) in [6.45, 7) is 2.04. The van der Waals surface area contributed by atoms with E-state index in [0.717, 1.165) is 12.0 Å². The van der Waals surface area contributed by atoms with E-state index in [1.807, 2.05) is 19.1 Å². The molecule has 0 aliphatic carbocycles. The zero-order valence-electron chi connectivity index (χ0n) is 12.4. The Labute approximate surface area is 128 Å². The summed E-state index contributed by atoms with van der Waals surface area (Å²) in [5.41, 5.74) is 1.55. The fourth-order valence-corrected chi connectivity index (χ4v) is 1.79. The Bertz CT molecular complexity index is 661. The third-order valence-electron chi connectivity index (χ3n) is 3.01. The molecule has 0 bridgehead atoms. The topological polar surface area (TPSA) is 61.8 Å². The zero-order chi connectivity index (χ0) is 15.9. The molecular weight excluding hydrogens is 284 g/mol. The molecule has 0 saturated heterocycles. The number of hydrogen-bond donors (Lipinski definition) is 0. The zero-order valence-corrected chi connectivity index (χ0v) is 12.4. The molecule has 0 atom stereocenters. The molecule has 22 heavy (non-hydrogen) atoms. The summed E-state index contributed by atoms with van der Waals surface area (Å²) in [6.07, 6.45) is 0.0151. The summed E-state index contributed by atoms with van der Waals surface area (Å²) in [5.74, 6) is -0.256. The van der Waals surface area contributed by atoms with Crippen molar-refractivity contribution < 1.29 is 23.8 Å². The third-order valence-corrected chi connectivity index (χ3v) is 3.01. The molecule has 5 nitrogen and oxygen atoms in total. The van der Waals surface area contributed by atoms with Crippen LogP contribution in [0.3, 0.4) is 0 Å². The van der Waals surface area contributed by atoms with Crippen LogP contribution in [0.15, 0.2) is 48.5 Å². The third kappa shape index (κ3) is 3.85. The van der Waals surface area contributed by atoms with E-state index in [-0.39, 0.29) is 11.5 Å². The summed E-state index contributed by atoms with van der Waals surface area (Å²) in [4.78, 5) is 23.3. The van der Waals surface area contributed by atoms with E-state index >= 15 is 0 Å². The smallest absolute Gasteiger partial charge is 0.437 e. The van der Waals surface area contributed by atoms with E-state index in [0.29, 0.717) is 5.56 Å². The van der Waals surface area contributed by atoms with Crippen LogP contribution in [0.1, 0.15) is 22.8 Å². The van der Waals surface area contributed by atoms with Crippen molar-refractivity contribution >= 4 is 12.1 Å². The van der Waals surface area contributed by atoms with Gasteiger partial charge in [0.1, 0.15) is 0 Å². The number of hydrogen-bond acceptors (Lipinski definition) is 5. The fraction of sp³-hybridized carbons (Fsp3) is 0.176. The lowest BCUT2D eigenvalue weighted by atomic mass is 10.1. The molecule has 2 rings (SSSR count). The number of carbonyl (C=O) groups excluding carboxylic acids is 2. The quantitative estimate of drug-likeness (QED) is 0.490. The predicted molar refractivity (Wildman–Crippen MR) is 80.3 cm³/mol. The van der Waals surface area contributed by atoms with Crippen LogP contribution in [-0.4, -0.2) is 19.2 Å². The molecule has 2 aromatic carbocycles. The van der Waals surface area contributed by atoms with Gasteiger partial charge in [0, 0.05) is 0 Å². The second-order valence-corrected chi connectivity index (χ2v) is 4.44. The largest absolute Gasteiger partial charge is 0.513 e. The molecule has 0 fully saturated rings. The maximum Gasteiger partial charge on any atom is 0.513 e. The van der Waals surface area contributed by atoms with Gasteiger partial charge >= 0.3 is 12.1 Å². The first kappa shape index (κ1) is 15.6. The molecular formula is C17H16O5. The van der Waals surface area contributed by atoms with Crippen LogP contribution in [0, 0.1) is 0 Å². The van der Waals surface area contributed by atoms with Crippen LogP contribution < -0.4 is 9.47 Å². The van der Waals surface area contributed by atoms with Gasteiger partial charge < -0.3 is 14.2 Å². The number of para-hydroxylation sites is 2. The molecule has 0 heterocycles. The SMILES string of the molecule is CCc1ccc(C(=O)Oc2ccccc2OC(=O)OC)cc1. The van der Waals surface area contributed by atoms with Gasteiger partial charge in [-0.05, 0) is 36.2 Å². The lowest BCUT2D eigenvalue weighted by molar-refractivity contribution is 0.0723. The number of ether oxygens (including phenoxy) is 3. The Morgan fingerprint density at radius 3 is 2.05 bits per heavy atom. The Morgan fingerprint density at radius 2 is 1.50 bits per heavy atom. The average Bonchev–Trinajstić information content (AvgIpc) is 2.56. The lowest BCUT2D eigenvalue weighted by Crippen LogP contribution is -2.12. The average molecular weight is 300 g/mol. The van der Waals surface area contributed by atoms with Gasteiger partial charge in [0.15, 0.2) is 11.5 Å².